The third-order valence-corrected chi connectivity index (χ3v) is 6.62. The van der Waals surface area contributed by atoms with E-state index in [0.717, 1.165) is 37.5 Å². The van der Waals surface area contributed by atoms with E-state index in [4.69, 9.17) is 34.4 Å². The van der Waals surface area contributed by atoms with Gasteiger partial charge in [0.2, 0.25) is 0 Å². The van der Waals surface area contributed by atoms with Crippen molar-refractivity contribution in [2.45, 2.75) is 42.3 Å². The number of hydrogen-bond acceptors (Lipinski definition) is 8. The number of halogens is 10. The van der Waals surface area contributed by atoms with E-state index in [2.05, 4.69) is 20.9 Å². The van der Waals surface area contributed by atoms with E-state index in [1.807, 2.05) is 30.1 Å². The third-order valence-electron chi connectivity index (χ3n) is 5.04. The fourth-order valence-corrected chi connectivity index (χ4v) is 4.89. The van der Waals surface area contributed by atoms with Gasteiger partial charge < -0.3 is 20.1 Å². The highest BCUT2D eigenvalue weighted by molar-refractivity contribution is 8.01. The molecule has 2 aliphatic rings. The zero-order chi connectivity index (χ0) is 33.9. The molecular weight excluding hydrogens is 652 g/mol. The minimum Gasteiger partial charge on any atom is -0.475 e. The maximum atomic E-state index is 13.6. The molecule has 0 aromatic carbocycles. The van der Waals surface area contributed by atoms with Crippen molar-refractivity contribution >= 4 is 29.7 Å². The summed E-state index contributed by atoms with van der Waals surface area (Å²) in [6.45, 7) is 2.97. The van der Waals surface area contributed by atoms with Gasteiger partial charge in [0.05, 0.1) is 5.69 Å². The number of carboxylic acids is 3. The van der Waals surface area contributed by atoms with Crippen molar-refractivity contribution in [1.29, 1.82) is 0 Å². The van der Waals surface area contributed by atoms with Crippen LogP contribution in [-0.4, -0.2) is 96.3 Å². The predicted octanol–water partition coefficient (Wildman–Crippen LogP) is 4.65. The Morgan fingerprint density at radius 1 is 0.841 bits per heavy atom. The number of alkyl halides is 9. The lowest BCUT2D eigenvalue weighted by Gasteiger charge is -2.47. The monoisotopic (exact) mass is 673 g/mol. The lowest BCUT2D eigenvalue weighted by atomic mass is 9.93. The van der Waals surface area contributed by atoms with E-state index in [9.17, 15) is 43.9 Å². The topological polar surface area (TPSA) is 150 Å². The second-order valence-electron chi connectivity index (χ2n) is 8.60. The van der Waals surface area contributed by atoms with Crippen LogP contribution >= 0.6 is 11.8 Å². The Morgan fingerprint density at radius 2 is 1.32 bits per heavy atom. The number of likely N-dealkylation sites (tertiary alicyclic amines) is 1. The Kier molecular flexibility index (Phi) is 13.6. The van der Waals surface area contributed by atoms with E-state index in [-0.39, 0.29) is 22.5 Å². The molecule has 2 fully saturated rings. The fourth-order valence-electron chi connectivity index (χ4n) is 3.32. The zero-order valence-electron chi connectivity index (χ0n) is 21.7. The number of aliphatic carboxylic acids is 3. The second-order valence-corrected chi connectivity index (χ2v) is 10.1. The van der Waals surface area contributed by atoms with Crippen LogP contribution in [0.4, 0.5) is 43.9 Å². The first kappa shape index (κ1) is 38.1. The number of ether oxygens (including phenoxy) is 1. The molecule has 0 radical (unpaired) electrons. The molecule has 2 aromatic heterocycles. The molecular formula is C23H21F10N3O7S. The summed E-state index contributed by atoms with van der Waals surface area (Å²) >= 11 is 1.94. The summed E-state index contributed by atoms with van der Waals surface area (Å²) in [6.07, 6.45) is -10.9. The molecule has 0 aliphatic carbocycles. The van der Waals surface area contributed by atoms with Crippen molar-refractivity contribution in [3.8, 4) is 5.88 Å². The van der Waals surface area contributed by atoms with Crippen molar-refractivity contribution in [3.63, 3.8) is 0 Å². The number of aromatic nitrogens is 2. The highest BCUT2D eigenvalue weighted by Crippen LogP contribution is 2.46. The Hall–Kier alpha value is -3.88. The molecule has 0 saturated carbocycles. The number of carboxylic acid groups (broad SMARTS) is 3. The molecule has 1 spiro atoms. The molecule has 10 nitrogen and oxygen atoms in total. The minimum atomic E-state index is -5.08. The molecule has 2 saturated heterocycles. The van der Waals surface area contributed by atoms with E-state index in [1.165, 1.54) is 6.07 Å². The first-order valence-electron chi connectivity index (χ1n) is 11.5. The molecule has 1 unspecified atom stereocenters. The van der Waals surface area contributed by atoms with Crippen LogP contribution in [0.15, 0.2) is 42.7 Å². The molecule has 21 heteroatoms. The van der Waals surface area contributed by atoms with Crippen LogP contribution in [0, 0.1) is 5.82 Å². The molecule has 44 heavy (non-hydrogen) atoms. The van der Waals surface area contributed by atoms with Crippen molar-refractivity contribution in [2.24, 2.45) is 0 Å². The van der Waals surface area contributed by atoms with Gasteiger partial charge in [-0.25, -0.2) is 23.8 Å². The van der Waals surface area contributed by atoms with Gasteiger partial charge >= 0.3 is 36.4 Å². The Morgan fingerprint density at radius 3 is 1.73 bits per heavy atom. The molecule has 1 atom stereocenters. The second kappa shape index (κ2) is 15.7. The largest absolute Gasteiger partial charge is 0.490 e. The average molecular weight is 673 g/mol. The summed E-state index contributed by atoms with van der Waals surface area (Å²) < 4.78 is 115. The first-order chi connectivity index (χ1) is 20.1. The third kappa shape index (κ3) is 13.6. The van der Waals surface area contributed by atoms with E-state index in [0.29, 0.717) is 0 Å². The van der Waals surface area contributed by atoms with Crippen LogP contribution in [0.1, 0.15) is 12.1 Å². The van der Waals surface area contributed by atoms with Crippen molar-refractivity contribution in [2.75, 3.05) is 18.8 Å². The van der Waals surface area contributed by atoms with Gasteiger partial charge in [-0.1, -0.05) is 6.07 Å². The standard InChI is InChI=1S/C17H18FN3OS.3C2HF3O2/c18-15-5-3-7-20-16(15)22-14-8-17(23-10-14)11-21(12-17)9-13-4-1-2-6-19-13;3*3-2(4,5)1(6)7/h1-7,14H,8-12H2;3*(H,6,7). The van der Waals surface area contributed by atoms with Crippen LogP contribution < -0.4 is 4.74 Å². The first-order valence-corrected chi connectivity index (χ1v) is 12.5. The highest BCUT2D eigenvalue weighted by atomic mass is 32.2. The number of hydrogen-bond donors (Lipinski definition) is 3. The molecule has 4 heterocycles. The van der Waals surface area contributed by atoms with Gasteiger partial charge in [-0.15, -0.1) is 11.8 Å². The molecule has 2 aliphatic heterocycles. The van der Waals surface area contributed by atoms with Gasteiger partial charge in [0.25, 0.3) is 5.88 Å². The average Bonchev–Trinajstić information content (AvgIpc) is 3.29. The minimum absolute atomic E-state index is 0.0430. The van der Waals surface area contributed by atoms with Gasteiger partial charge in [0.1, 0.15) is 6.10 Å². The summed E-state index contributed by atoms with van der Waals surface area (Å²) in [6, 6.07) is 8.98. The van der Waals surface area contributed by atoms with Gasteiger partial charge in [-0.2, -0.15) is 39.5 Å². The highest BCUT2D eigenvalue weighted by Gasteiger charge is 2.49. The van der Waals surface area contributed by atoms with Gasteiger partial charge in [-0.05, 0) is 24.3 Å². The normalized spacial score (nSPS) is 17.4. The van der Waals surface area contributed by atoms with Crippen molar-refractivity contribution in [1.82, 2.24) is 14.9 Å². The van der Waals surface area contributed by atoms with Gasteiger partial charge in [0.15, 0.2) is 5.82 Å². The maximum Gasteiger partial charge on any atom is 0.490 e. The summed E-state index contributed by atoms with van der Waals surface area (Å²) in [4.78, 5) is 37.4. The summed E-state index contributed by atoms with van der Waals surface area (Å²) in [7, 11) is 0. The molecule has 3 N–H and O–H groups in total. The quantitative estimate of drug-likeness (QED) is 0.389. The van der Waals surface area contributed by atoms with Crippen LogP contribution in [0.25, 0.3) is 0 Å². The maximum absolute atomic E-state index is 13.6. The lowest BCUT2D eigenvalue weighted by molar-refractivity contribution is -0.193. The Balaban J connectivity index is 0.000000379. The van der Waals surface area contributed by atoms with Gasteiger partial charge in [0, 0.05) is 48.9 Å². The van der Waals surface area contributed by atoms with E-state index < -0.39 is 36.4 Å². The van der Waals surface area contributed by atoms with Crippen molar-refractivity contribution < 1.29 is 78.3 Å². The van der Waals surface area contributed by atoms with Crippen molar-refractivity contribution in [3.05, 3.63) is 54.2 Å². The summed E-state index contributed by atoms with van der Waals surface area (Å²) in [5, 5.41) is 21.4. The number of rotatable bonds is 4. The number of pyridine rings is 2. The molecule has 0 bridgehead atoms. The summed E-state index contributed by atoms with van der Waals surface area (Å²) in [5.74, 6) is -7.64. The lowest BCUT2D eigenvalue weighted by Crippen LogP contribution is -2.58. The van der Waals surface area contributed by atoms with E-state index in [1.54, 1.807) is 12.3 Å². The zero-order valence-corrected chi connectivity index (χ0v) is 22.5. The van der Waals surface area contributed by atoms with Crippen LogP contribution in [0.5, 0.6) is 5.88 Å². The smallest absolute Gasteiger partial charge is 0.475 e. The molecule has 2 aromatic rings. The fraction of sp³-hybridized carbons (Fsp3) is 0.435. The number of nitrogens with zero attached hydrogens (tertiary/aromatic N) is 3. The van der Waals surface area contributed by atoms with Gasteiger partial charge in [-0.3, -0.25) is 9.88 Å². The van der Waals surface area contributed by atoms with Crippen LogP contribution in [0.2, 0.25) is 0 Å². The Labute approximate surface area is 244 Å². The number of carbonyl (C=O) groups is 3. The molecule has 246 valence electrons. The number of thioether (sulfide) groups is 1. The molecule has 0 amide bonds. The van der Waals surface area contributed by atoms with E-state index >= 15 is 0 Å². The predicted molar refractivity (Wildman–Crippen MR) is 129 cm³/mol. The van der Waals surface area contributed by atoms with Crippen LogP contribution in [0.3, 0.4) is 0 Å². The molecule has 4 rings (SSSR count). The Bertz CT molecular complexity index is 1180. The SMILES string of the molecule is Fc1cccnc1OC1CSC2(C1)CN(Cc1ccccn1)C2.O=C(O)C(F)(F)F.O=C(O)C(F)(F)F.O=C(O)C(F)(F)F. The van der Waals surface area contributed by atoms with Crippen LogP contribution in [-0.2, 0) is 20.9 Å². The summed E-state index contributed by atoms with van der Waals surface area (Å²) in [5.41, 5.74) is 1.11.